The first-order valence-corrected chi connectivity index (χ1v) is 5.24. The fourth-order valence-electron chi connectivity index (χ4n) is 2.05. The molecule has 0 N–H and O–H groups in total. The summed E-state index contributed by atoms with van der Waals surface area (Å²) in [6.07, 6.45) is 3.02. The Labute approximate surface area is 80.6 Å². The standard InChI is InChI=1S/C10H19N2O/c1-11-4-6-12(7-5-11)9-10-3-2-8-13-10/h10H,1-9H2. The Balaban J connectivity index is 1.69. The predicted octanol–water partition coefficient (Wildman–Crippen LogP) is 0.575. The highest BCUT2D eigenvalue weighted by Crippen LogP contribution is 2.14. The van der Waals surface area contributed by atoms with E-state index in [0.717, 1.165) is 39.3 Å². The van der Waals surface area contributed by atoms with E-state index in [9.17, 15) is 0 Å². The van der Waals surface area contributed by atoms with Crippen LogP contribution in [0.2, 0.25) is 0 Å². The van der Waals surface area contributed by atoms with Crippen LogP contribution < -0.4 is 0 Å². The lowest BCUT2D eigenvalue weighted by atomic mass is 10.2. The van der Waals surface area contributed by atoms with Crippen molar-refractivity contribution >= 4 is 0 Å². The Morgan fingerprint density at radius 1 is 1.23 bits per heavy atom. The van der Waals surface area contributed by atoms with Crippen molar-refractivity contribution in [2.75, 3.05) is 39.3 Å². The van der Waals surface area contributed by atoms with Crippen LogP contribution in [0.15, 0.2) is 0 Å². The maximum atomic E-state index is 5.61. The second-order valence-electron chi connectivity index (χ2n) is 4.05. The second kappa shape index (κ2) is 4.40. The highest BCUT2D eigenvalue weighted by Gasteiger charge is 2.21. The second-order valence-corrected chi connectivity index (χ2v) is 4.05. The van der Waals surface area contributed by atoms with Crippen LogP contribution in [-0.4, -0.2) is 55.2 Å². The summed E-state index contributed by atoms with van der Waals surface area (Å²) in [7, 11) is 3.94. The first kappa shape index (κ1) is 9.44. The van der Waals surface area contributed by atoms with E-state index in [-0.39, 0.29) is 0 Å². The fourth-order valence-corrected chi connectivity index (χ4v) is 2.05. The molecule has 2 aliphatic rings. The van der Waals surface area contributed by atoms with Crippen molar-refractivity contribution in [3.05, 3.63) is 7.05 Å². The zero-order valence-electron chi connectivity index (χ0n) is 8.24. The van der Waals surface area contributed by atoms with Crippen molar-refractivity contribution in [2.24, 2.45) is 0 Å². The number of piperazine rings is 1. The highest BCUT2D eigenvalue weighted by molar-refractivity contribution is 4.75. The molecule has 3 nitrogen and oxygen atoms in total. The predicted molar refractivity (Wildman–Crippen MR) is 52.3 cm³/mol. The topological polar surface area (TPSA) is 15.7 Å². The van der Waals surface area contributed by atoms with Crippen molar-refractivity contribution < 1.29 is 4.74 Å². The average molecular weight is 183 g/mol. The molecule has 2 rings (SSSR count). The van der Waals surface area contributed by atoms with Gasteiger partial charge in [-0.2, -0.15) is 0 Å². The third kappa shape index (κ3) is 2.66. The summed E-state index contributed by atoms with van der Waals surface area (Å²) >= 11 is 0. The molecule has 0 saturated carbocycles. The van der Waals surface area contributed by atoms with E-state index in [2.05, 4.69) is 16.8 Å². The number of rotatable bonds is 2. The van der Waals surface area contributed by atoms with Crippen molar-refractivity contribution in [1.82, 2.24) is 9.80 Å². The summed E-state index contributed by atoms with van der Waals surface area (Å²) in [5, 5.41) is 0. The van der Waals surface area contributed by atoms with Crippen molar-refractivity contribution in [2.45, 2.75) is 18.9 Å². The Morgan fingerprint density at radius 2 is 2.00 bits per heavy atom. The third-order valence-electron chi connectivity index (χ3n) is 2.95. The minimum Gasteiger partial charge on any atom is -0.377 e. The SMILES string of the molecule is [CH2]N1CCN(CC2CCCO2)CC1. The molecule has 0 aliphatic carbocycles. The largest absolute Gasteiger partial charge is 0.377 e. The van der Waals surface area contributed by atoms with Gasteiger partial charge >= 0.3 is 0 Å². The first-order valence-electron chi connectivity index (χ1n) is 5.24. The first-order chi connectivity index (χ1) is 6.34. The number of nitrogens with zero attached hydrogens (tertiary/aromatic N) is 2. The molecule has 2 aliphatic heterocycles. The molecule has 0 aromatic rings. The molecule has 3 heteroatoms. The molecule has 13 heavy (non-hydrogen) atoms. The van der Waals surface area contributed by atoms with Crippen LogP contribution in [0, 0.1) is 7.05 Å². The molecule has 0 aromatic heterocycles. The van der Waals surface area contributed by atoms with Gasteiger partial charge in [0.25, 0.3) is 0 Å². The Kier molecular flexibility index (Phi) is 3.19. The summed E-state index contributed by atoms with van der Waals surface area (Å²) < 4.78 is 5.61. The van der Waals surface area contributed by atoms with Crippen molar-refractivity contribution in [1.29, 1.82) is 0 Å². The summed E-state index contributed by atoms with van der Waals surface area (Å²) in [4.78, 5) is 4.64. The van der Waals surface area contributed by atoms with Gasteiger partial charge in [-0.15, -0.1) is 0 Å². The average Bonchev–Trinajstić information content (AvgIpc) is 2.62. The van der Waals surface area contributed by atoms with Gasteiger partial charge in [0.1, 0.15) is 0 Å². The van der Waals surface area contributed by atoms with Gasteiger partial charge in [-0.3, -0.25) is 9.80 Å². The molecule has 0 bridgehead atoms. The monoisotopic (exact) mass is 183 g/mol. The lowest BCUT2D eigenvalue weighted by Gasteiger charge is -2.33. The van der Waals surface area contributed by atoms with Crippen LogP contribution in [0.1, 0.15) is 12.8 Å². The zero-order chi connectivity index (χ0) is 9.10. The number of hydrogen-bond acceptors (Lipinski definition) is 3. The van der Waals surface area contributed by atoms with Gasteiger partial charge in [0.15, 0.2) is 0 Å². The normalized spacial score (nSPS) is 32.5. The molecule has 1 unspecified atom stereocenters. The molecule has 75 valence electrons. The Bertz CT molecular complexity index is 149. The molecule has 2 heterocycles. The van der Waals surface area contributed by atoms with Gasteiger partial charge in [0.2, 0.25) is 0 Å². The molecular formula is C10H19N2O. The lowest BCUT2D eigenvalue weighted by Crippen LogP contribution is -2.46. The summed E-state index contributed by atoms with van der Waals surface area (Å²) in [6, 6.07) is 0. The molecule has 1 radical (unpaired) electrons. The van der Waals surface area contributed by atoms with Crippen molar-refractivity contribution in [3.63, 3.8) is 0 Å². The maximum Gasteiger partial charge on any atom is 0.0702 e. The number of hydrogen-bond donors (Lipinski definition) is 0. The highest BCUT2D eigenvalue weighted by atomic mass is 16.5. The van der Waals surface area contributed by atoms with E-state index in [0.29, 0.717) is 6.10 Å². The lowest BCUT2D eigenvalue weighted by molar-refractivity contribution is 0.0575. The quantitative estimate of drug-likeness (QED) is 0.622. The minimum absolute atomic E-state index is 0.511. The van der Waals surface area contributed by atoms with Crippen LogP contribution in [-0.2, 0) is 4.74 Å². The van der Waals surface area contributed by atoms with E-state index in [4.69, 9.17) is 4.74 Å². The van der Waals surface area contributed by atoms with E-state index < -0.39 is 0 Å². The van der Waals surface area contributed by atoms with Gasteiger partial charge in [-0.05, 0) is 12.8 Å². The molecule has 0 aromatic carbocycles. The zero-order valence-corrected chi connectivity index (χ0v) is 8.24. The maximum absolute atomic E-state index is 5.61. The summed E-state index contributed by atoms with van der Waals surface area (Å²) in [5.74, 6) is 0. The summed E-state index contributed by atoms with van der Waals surface area (Å²) in [5.41, 5.74) is 0. The van der Waals surface area contributed by atoms with Gasteiger partial charge in [-0.25, -0.2) is 0 Å². The third-order valence-corrected chi connectivity index (χ3v) is 2.95. The van der Waals surface area contributed by atoms with E-state index in [1.807, 2.05) is 0 Å². The van der Waals surface area contributed by atoms with Crippen LogP contribution >= 0.6 is 0 Å². The van der Waals surface area contributed by atoms with Gasteiger partial charge in [0, 0.05) is 46.4 Å². The molecule has 1 atom stereocenters. The Hall–Kier alpha value is -0.120. The van der Waals surface area contributed by atoms with E-state index in [1.54, 1.807) is 0 Å². The van der Waals surface area contributed by atoms with Crippen LogP contribution in [0.25, 0.3) is 0 Å². The van der Waals surface area contributed by atoms with Gasteiger partial charge in [0.05, 0.1) is 6.10 Å². The van der Waals surface area contributed by atoms with Crippen LogP contribution in [0.5, 0.6) is 0 Å². The van der Waals surface area contributed by atoms with E-state index in [1.165, 1.54) is 12.8 Å². The van der Waals surface area contributed by atoms with E-state index >= 15 is 0 Å². The Morgan fingerprint density at radius 3 is 2.62 bits per heavy atom. The molecule has 0 spiro atoms. The van der Waals surface area contributed by atoms with Gasteiger partial charge < -0.3 is 4.74 Å². The van der Waals surface area contributed by atoms with Gasteiger partial charge in [-0.1, -0.05) is 0 Å². The smallest absolute Gasteiger partial charge is 0.0702 e. The van der Waals surface area contributed by atoms with Crippen molar-refractivity contribution in [3.8, 4) is 0 Å². The molecule has 2 fully saturated rings. The molecule has 2 saturated heterocycles. The number of ether oxygens (including phenoxy) is 1. The van der Waals surface area contributed by atoms with Crippen LogP contribution in [0.3, 0.4) is 0 Å². The molecular weight excluding hydrogens is 164 g/mol. The molecule has 0 amide bonds. The van der Waals surface area contributed by atoms with Crippen LogP contribution in [0.4, 0.5) is 0 Å². The summed E-state index contributed by atoms with van der Waals surface area (Å²) in [6.45, 7) is 6.62. The minimum atomic E-state index is 0.511. The fraction of sp³-hybridized carbons (Fsp3) is 0.900.